The van der Waals surface area contributed by atoms with Crippen LogP contribution in [0.5, 0.6) is 0 Å². The molecule has 19 heavy (non-hydrogen) atoms. The molecule has 0 aliphatic carbocycles. The number of rotatable bonds is 5. The highest BCUT2D eigenvalue weighted by atomic mass is 79.9. The van der Waals surface area contributed by atoms with Crippen molar-refractivity contribution in [1.29, 1.82) is 0 Å². The van der Waals surface area contributed by atoms with Crippen LogP contribution in [0.1, 0.15) is 31.4 Å². The minimum absolute atomic E-state index is 0.452. The average molecular weight is 346 g/mol. The van der Waals surface area contributed by atoms with Gasteiger partial charge in [-0.05, 0) is 63.1 Å². The molecular formula is C15H22BrClN2. The molecule has 0 spiro atoms. The van der Waals surface area contributed by atoms with E-state index in [2.05, 4.69) is 45.2 Å². The van der Waals surface area contributed by atoms with Gasteiger partial charge in [0.05, 0.1) is 0 Å². The van der Waals surface area contributed by atoms with Crippen molar-refractivity contribution in [3.05, 3.63) is 33.3 Å². The normalized spacial score (nSPS) is 24.0. The number of hydrogen-bond donors (Lipinski definition) is 1. The van der Waals surface area contributed by atoms with Gasteiger partial charge in [-0.15, -0.1) is 0 Å². The predicted octanol–water partition coefficient (Wildman–Crippen LogP) is 4.09. The van der Waals surface area contributed by atoms with Crippen LogP contribution in [0, 0.1) is 5.92 Å². The van der Waals surface area contributed by atoms with Crippen LogP contribution in [-0.2, 0) is 0 Å². The second-order valence-corrected chi connectivity index (χ2v) is 6.58. The van der Waals surface area contributed by atoms with Crippen LogP contribution in [0.15, 0.2) is 22.7 Å². The third-order valence-corrected chi connectivity index (χ3v) is 4.71. The summed E-state index contributed by atoms with van der Waals surface area (Å²) in [6, 6.07) is 6.73. The van der Waals surface area contributed by atoms with Gasteiger partial charge in [0.1, 0.15) is 0 Å². The summed E-state index contributed by atoms with van der Waals surface area (Å²) in [6.45, 7) is 5.62. The maximum Gasteiger partial charge on any atom is 0.0465 e. The van der Waals surface area contributed by atoms with Crippen LogP contribution < -0.4 is 5.32 Å². The molecule has 2 atom stereocenters. The Morgan fingerprint density at radius 3 is 2.89 bits per heavy atom. The van der Waals surface area contributed by atoms with Crippen LogP contribution in [-0.4, -0.2) is 31.6 Å². The summed E-state index contributed by atoms with van der Waals surface area (Å²) in [4.78, 5) is 2.58. The van der Waals surface area contributed by atoms with Crippen molar-refractivity contribution < 1.29 is 0 Å². The molecule has 1 N–H and O–H groups in total. The van der Waals surface area contributed by atoms with Crippen molar-refractivity contribution in [2.24, 2.45) is 5.92 Å². The zero-order valence-electron chi connectivity index (χ0n) is 11.6. The van der Waals surface area contributed by atoms with E-state index in [4.69, 9.17) is 11.6 Å². The van der Waals surface area contributed by atoms with Gasteiger partial charge < -0.3 is 5.32 Å². The lowest BCUT2D eigenvalue weighted by atomic mass is 9.93. The Morgan fingerprint density at radius 2 is 2.26 bits per heavy atom. The first-order valence-electron chi connectivity index (χ1n) is 7.01. The highest BCUT2D eigenvalue weighted by Crippen LogP contribution is 2.40. The molecule has 1 saturated heterocycles. The lowest BCUT2D eigenvalue weighted by Crippen LogP contribution is -2.30. The molecule has 4 heteroatoms. The smallest absolute Gasteiger partial charge is 0.0465 e. The van der Waals surface area contributed by atoms with E-state index in [-0.39, 0.29) is 0 Å². The quantitative estimate of drug-likeness (QED) is 0.864. The van der Waals surface area contributed by atoms with Gasteiger partial charge in [0.25, 0.3) is 0 Å². The Balaban J connectivity index is 2.29. The first-order chi connectivity index (χ1) is 9.17. The molecule has 0 bridgehead atoms. The molecule has 2 unspecified atom stereocenters. The average Bonchev–Trinajstić information content (AvgIpc) is 2.74. The van der Waals surface area contributed by atoms with E-state index in [9.17, 15) is 0 Å². The monoisotopic (exact) mass is 344 g/mol. The molecule has 0 amide bonds. The first kappa shape index (κ1) is 15.3. The van der Waals surface area contributed by atoms with Crippen molar-refractivity contribution in [2.45, 2.75) is 25.8 Å². The van der Waals surface area contributed by atoms with Crippen molar-refractivity contribution >= 4 is 27.5 Å². The zero-order valence-corrected chi connectivity index (χ0v) is 14.0. The molecule has 0 radical (unpaired) electrons. The number of benzene rings is 1. The third kappa shape index (κ3) is 3.52. The maximum atomic E-state index is 6.46. The van der Waals surface area contributed by atoms with Gasteiger partial charge in [0.15, 0.2) is 0 Å². The molecule has 1 aromatic rings. The van der Waals surface area contributed by atoms with Gasteiger partial charge >= 0.3 is 0 Å². The van der Waals surface area contributed by atoms with Gasteiger partial charge in [-0.2, -0.15) is 0 Å². The number of nitrogens with zero attached hydrogens (tertiary/aromatic N) is 1. The first-order valence-corrected chi connectivity index (χ1v) is 8.18. The van der Waals surface area contributed by atoms with Crippen molar-refractivity contribution in [1.82, 2.24) is 10.2 Å². The summed E-state index contributed by atoms with van der Waals surface area (Å²) >= 11 is 9.95. The van der Waals surface area contributed by atoms with Gasteiger partial charge in [-0.1, -0.05) is 40.5 Å². The lowest BCUT2D eigenvalue weighted by molar-refractivity contribution is 0.227. The standard InChI is InChI=1S/C15H22BrClN2/c1-3-7-19-8-6-11(10-18-2)15(19)13-5-4-12(16)9-14(13)17/h4-5,9,11,15,18H,3,6-8,10H2,1-2H3. The number of likely N-dealkylation sites (tertiary alicyclic amines) is 1. The summed E-state index contributed by atoms with van der Waals surface area (Å²) in [5, 5.41) is 4.20. The molecule has 1 heterocycles. The van der Waals surface area contributed by atoms with Crippen LogP contribution in [0.3, 0.4) is 0 Å². The van der Waals surface area contributed by atoms with E-state index in [1.807, 2.05) is 13.1 Å². The number of nitrogens with one attached hydrogen (secondary N) is 1. The van der Waals surface area contributed by atoms with E-state index in [0.717, 1.165) is 22.6 Å². The topological polar surface area (TPSA) is 15.3 Å². The Labute approximate surface area is 129 Å². The fraction of sp³-hybridized carbons (Fsp3) is 0.600. The number of hydrogen-bond acceptors (Lipinski definition) is 2. The number of halogens is 2. The molecule has 1 aliphatic rings. The summed E-state index contributed by atoms with van der Waals surface area (Å²) < 4.78 is 1.05. The second kappa shape index (κ2) is 7.07. The third-order valence-electron chi connectivity index (χ3n) is 3.89. The van der Waals surface area contributed by atoms with Crippen LogP contribution in [0.2, 0.25) is 5.02 Å². The Morgan fingerprint density at radius 1 is 1.47 bits per heavy atom. The maximum absolute atomic E-state index is 6.46. The predicted molar refractivity (Wildman–Crippen MR) is 85.8 cm³/mol. The van der Waals surface area contributed by atoms with Gasteiger partial charge in [0.2, 0.25) is 0 Å². The van der Waals surface area contributed by atoms with Crippen LogP contribution >= 0.6 is 27.5 Å². The Bertz CT molecular complexity index is 411. The lowest BCUT2D eigenvalue weighted by Gasteiger charge is -2.29. The fourth-order valence-electron chi connectivity index (χ4n) is 3.13. The van der Waals surface area contributed by atoms with E-state index >= 15 is 0 Å². The van der Waals surface area contributed by atoms with E-state index in [1.54, 1.807) is 0 Å². The minimum Gasteiger partial charge on any atom is -0.319 e. The molecule has 0 saturated carbocycles. The van der Waals surface area contributed by atoms with Crippen LogP contribution in [0.25, 0.3) is 0 Å². The fourth-order valence-corrected chi connectivity index (χ4v) is 3.92. The molecule has 0 aromatic heterocycles. The minimum atomic E-state index is 0.452. The molecular weight excluding hydrogens is 324 g/mol. The van der Waals surface area contributed by atoms with Crippen LogP contribution in [0.4, 0.5) is 0 Å². The van der Waals surface area contributed by atoms with E-state index in [1.165, 1.54) is 24.9 Å². The molecule has 2 nitrogen and oxygen atoms in total. The Kier molecular flexibility index (Phi) is 5.70. The van der Waals surface area contributed by atoms with E-state index in [0.29, 0.717) is 12.0 Å². The van der Waals surface area contributed by atoms with Crippen molar-refractivity contribution in [3.8, 4) is 0 Å². The molecule has 2 rings (SSSR count). The summed E-state index contributed by atoms with van der Waals surface area (Å²) in [5.74, 6) is 0.648. The SMILES string of the molecule is CCCN1CCC(CNC)C1c1ccc(Br)cc1Cl. The summed E-state index contributed by atoms with van der Waals surface area (Å²) in [6.07, 6.45) is 2.44. The molecule has 1 aromatic carbocycles. The molecule has 1 fully saturated rings. The van der Waals surface area contributed by atoms with Gasteiger partial charge in [-0.3, -0.25) is 4.90 Å². The molecule has 106 valence electrons. The molecule has 1 aliphatic heterocycles. The highest BCUT2D eigenvalue weighted by Gasteiger charge is 2.35. The second-order valence-electron chi connectivity index (χ2n) is 5.25. The highest BCUT2D eigenvalue weighted by molar-refractivity contribution is 9.10. The van der Waals surface area contributed by atoms with Crippen molar-refractivity contribution in [2.75, 3.05) is 26.7 Å². The summed E-state index contributed by atoms with van der Waals surface area (Å²) in [5.41, 5.74) is 1.27. The largest absolute Gasteiger partial charge is 0.319 e. The Hall–Kier alpha value is -0.0900. The van der Waals surface area contributed by atoms with Gasteiger partial charge in [-0.25, -0.2) is 0 Å². The summed E-state index contributed by atoms with van der Waals surface area (Å²) in [7, 11) is 2.03. The van der Waals surface area contributed by atoms with Gasteiger partial charge in [0, 0.05) is 15.5 Å². The zero-order chi connectivity index (χ0) is 13.8. The van der Waals surface area contributed by atoms with E-state index < -0.39 is 0 Å². The van der Waals surface area contributed by atoms with Crippen molar-refractivity contribution in [3.63, 3.8) is 0 Å².